The Labute approximate surface area is 209 Å². The molecule has 6 rings (SSSR count). The number of hydrogen-bond acceptors (Lipinski definition) is 6. The van der Waals surface area contributed by atoms with Crippen LogP contribution in [0.1, 0.15) is 35.9 Å². The molecule has 1 aliphatic heterocycles. The van der Waals surface area contributed by atoms with Crippen LogP contribution in [0.25, 0.3) is 11.1 Å². The van der Waals surface area contributed by atoms with Crippen molar-refractivity contribution in [2.24, 2.45) is 0 Å². The lowest BCUT2D eigenvalue weighted by Gasteiger charge is -2.35. The molecule has 2 aliphatic rings. The largest absolute Gasteiger partial charge is 0.493 e. The SMILES string of the molecule is COc1ccc([C@@H]2CC(=O)C3=C(C2)Nc2ncnn2[C@H]3c2ccc(-c3ccccc3)cc2)cc1OC. The Hall–Kier alpha value is -4.39. The lowest BCUT2D eigenvalue weighted by molar-refractivity contribution is -0.116. The molecule has 2 atom stereocenters. The van der Waals surface area contributed by atoms with Crippen LogP contribution >= 0.6 is 0 Å². The van der Waals surface area contributed by atoms with Crippen molar-refractivity contribution in [3.05, 3.63) is 102 Å². The van der Waals surface area contributed by atoms with Gasteiger partial charge in [0.1, 0.15) is 12.4 Å². The molecule has 0 saturated carbocycles. The van der Waals surface area contributed by atoms with Crippen molar-refractivity contribution in [1.82, 2.24) is 14.8 Å². The number of aromatic nitrogens is 3. The molecule has 0 amide bonds. The molecule has 0 radical (unpaired) electrons. The summed E-state index contributed by atoms with van der Waals surface area (Å²) >= 11 is 0. The average Bonchev–Trinajstić information content (AvgIpc) is 3.40. The van der Waals surface area contributed by atoms with Crippen molar-refractivity contribution in [3.8, 4) is 22.6 Å². The van der Waals surface area contributed by atoms with Crippen LogP contribution in [0, 0.1) is 0 Å². The number of Topliss-reactive ketones (excluding diaryl/α,β-unsaturated/α-hetero) is 1. The highest BCUT2D eigenvalue weighted by atomic mass is 16.5. The molecule has 0 unspecified atom stereocenters. The van der Waals surface area contributed by atoms with Gasteiger partial charge in [-0.2, -0.15) is 10.1 Å². The highest BCUT2D eigenvalue weighted by molar-refractivity contribution is 6.00. The van der Waals surface area contributed by atoms with Crippen LogP contribution in [0.4, 0.5) is 5.95 Å². The minimum Gasteiger partial charge on any atom is -0.493 e. The number of methoxy groups -OCH3 is 2. The number of anilines is 1. The van der Waals surface area contributed by atoms with Gasteiger partial charge in [-0.1, -0.05) is 60.7 Å². The molecule has 1 aliphatic carbocycles. The van der Waals surface area contributed by atoms with Crippen LogP contribution in [0.2, 0.25) is 0 Å². The summed E-state index contributed by atoms with van der Waals surface area (Å²) in [7, 11) is 3.24. The molecule has 0 saturated heterocycles. The molecule has 2 heterocycles. The fourth-order valence-electron chi connectivity index (χ4n) is 5.29. The molecular weight excluding hydrogens is 452 g/mol. The number of ether oxygens (including phenoxy) is 2. The van der Waals surface area contributed by atoms with Crippen LogP contribution in [0.5, 0.6) is 11.5 Å². The zero-order chi connectivity index (χ0) is 24.6. The van der Waals surface area contributed by atoms with E-state index >= 15 is 0 Å². The lowest BCUT2D eigenvalue weighted by atomic mass is 9.77. The van der Waals surface area contributed by atoms with E-state index in [1.165, 1.54) is 6.33 Å². The first-order valence-electron chi connectivity index (χ1n) is 12.0. The van der Waals surface area contributed by atoms with E-state index in [1.54, 1.807) is 14.2 Å². The van der Waals surface area contributed by atoms with E-state index in [-0.39, 0.29) is 17.7 Å². The summed E-state index contributed by atoms with van der Waals surface area (Å²) in [6, 6.07) is 24.2. The van der Waals surface area contributed by atoms with Crippen molar-refractivity contribution in [1.29, 1.82) is 0 Å². The summed E-state index contributed by atoms with van der Waals surface area (Å²) in [6.45, 7) is 0. The Kier molecular flexibility index (Phi) is 5.52. The minimum absolute atomic E-state index is 0.0270. The predicted octanol–water partition coefficient (Wildman–Crippen LogP) is 5.38. The lowest BCUT2D eigenvalue weighted by Crippen LogP contribution is -2.33. The normalized spacial score (nSPS) is 18.8. The van der Waals surface area contributed by atoms with Gasteiger partial charge < -0.3 is 14.8 Å². The van der Waals surface area contributed by atoms with Crippen LogP contribution in [0.15, 0.2) is 90.4 Å². The van der Waals surface area contributed by atoms with Gasteiger partial charge in [0.25, 0.3) is 0 Å². The van der Waals surface area contributed by atoms with Crippen LogP contribution in [-0.2, 0) is 4.79 Å². The average molecular weight is 479 g/mol. The summed E-state index contributed by atoms with van der Waals surface area (Å²) in [5, 5.41) is 7.86. The van der Waals surface area contributed by atoms with Gasteiger partial charge in [0.05, 0.1) is 14.2 Å². The van der Waals surface area contributed by atoms with E-state index in [9.17, 15) is 4.79 Å². The van der Waals surface area contributed by atoms with E-state index in [0.717, 1.165) is 33.5 Å². The van der Waals surface area contributed by atoms with E-state index in [2.05, 4.69) is 51.8 Å². The van der Waals surface area contributed by atoms with Crippen molar-refractivity contribution in [2.75, 3.05) is 19.5 Å². The number of nitrogens with zero attached hydrogens (tertiary/aromatic N) is 3. The third kappa shape index (κ3) is 3.73. The second-order valence-corrected chi connectivity index (χ2v) is 9.08. The number of hydrogen-bond donors (Lipinski definition) is 1. The third-order valence-electron chi connectivity index (χ3n) is 7.07. The summed E-state index contributed by atoms with van der Waals surface area (Å²) in [6.07, 6.45) is 2.64. The van der Waals surface area contributed by atoms with E-state index in [4.69, 9.17) is 9.47 Å². The number of carbonyl (C=O) groups excluding carboxylic acids is 1. The number of nitrogens with one attached hydrogen (secondary N) is 1. The first-order valence-corrected chi connectivity index (χ1v) is 12.0. The zero-order valence-corrected chi connectivity index (χ0v) is 20.1. The van der Waals surface area contributed by atoms with Gasteiger partial charge in [-0.25, -0.2) is 4.68 Å². The quantitative estimate of drug-likeness (QED) is 0.415. The third-order valence-corrected chi connectivity index (χ3v) is 7.07. The second-order valence-electron chi connectivity index (χ2n) is 9.08. The van der Waals surface area contributed by atoms with Crippen molar-refractivity contribution in [2.45, 2.75) is 24.8 Å². The van der Waals surface area contributed by atoms with Gasteiger partial charge in [-0.3, -0.25) is 4.79 Å². The molecule has 36 heavy (non-hydrogen) atoms. The van der Waals surface area contributed by atoms with Crippen LogP contribution in [0.3, 0.4) is 0 Å². The Bertz CT molecular complexity index is 1460. The molecule has 3 aromatic carbocycles. The Morgan fingerprint density at radius 2 is 1.58 bits per heavy atom. The van der Waals surface area contributed by atoms with Gasteiger partial charge in [-0.15, -0.1) is 0 Å². The monoisotopic (exact) mass is 478 g/mol. The second kappa shape index (κ2) is 9.00. The molecule has 0 bridgehead atoms. The van der Waals surface area contributed by atoms with Gasteiger partial charge in [0.15, 0.2) is 17.3 Å². The summed E-state index contributed by atoms with van der Waals surface area (Å²) in [4.78, 5) is 18.1. The fourth-order valence-corrected chi connectivity index (χ4v) is 5.29. The molecule has 1 N–H and O–H groups in total. The predicted molar refractivity (Wildman–Crippen MR) is 137 cm³/mol. The van der Waals surface area contributed by atoms with Crippen molar-refractivity contribution >= 4 is 11.7 Å². The fraction of sp³-hybridized carbons (Fsp3) is 0.207. The van der Waals surface area contributed by atoms with Crippen LogP contribution < -0.4 is 14.8 Å². The number of rotatable bonds is 5. The van der Waals surface area contributed by atoms with Gasteiger partial charge >= 0.3 is 0 Å². The summed E-state index contributed by atoms with van der Waals surface area (Å²) in [5.41, 5.74) is 6.01. The van der Waals surface area contributed by atoms with Crippen molar-refractivity contribution < 1.29 is 14.3 Å². The van der Waals surface area contributed by atoms with Crippen molar-refractivity contribution in [3.63, 3.8) is 0 Å². The number of benzene rings is 3. The highest BCUT2D eigenvalue weighted by Crippen LogP contribution is 2.45. The number of carbonyl (C=O) groups is 1. The first-order chi connectivity index (χ1) is 17.7. The van der Waals surface area contributed by atoms with E-state index in [0.29, 0.717) is 30.3 Å². The Balaban J connectivity index is 1.37. The molecule has 7 heteroatoms. The zero-order valence-electron chi connectivity index (χ0n) is 20.1. The minimum atomic E-state index is -0.317. The maximum Gasteiger partial charge on any atom is 0.226 e. The molecule has 0 fully saturated rings. The van der Waals surface area contributed by atoms with E-state index < -0.39 is 0 Å². The first kappa shape index (κ1) is 22.1. The Morgan fingerprint density at radius 1 is 0.861 bits per heavy atom. The molecule has 4 aromatic rings. The number of ketones is 1. The molecule has 0 spiro atoms. The standard InChI is InChI=1S/C29H26N4O3/c1-35-25-13-12-21(16-26(25)36-2)22-14-23-27(24(34)15-22)28(33-29(32-23)30-17-31-33)20-10-8-19(9-11-20)18-6-4-3-5-7-18/h3-13,16-17,22,28H,14-15H2,1-2H3,(H,30,31,32)/t22-,28-/m0/s1. The van der Waals surface area contributed by atoms with Gasteiger partial charge in [0, 0.05) is 17.7 Å². The maximum absolute atomic E-state index is 13.7. The topological polar surface area (TPSA) is 78.3 Å². The molecule has 7 nitrogen and oxygen atoms in total. The summed E-state index contributed by atoms with van der Waals surface area (Å²) in [5.74, 6) is 2.12. The molecule has 1 aromatic heterocycles. The number of allylic oxidation sites excluding steroid dienone is 2. The number of fused-ring (bicyclic) bond motifs is 1. The maximum atomic E-state index is 13.7. The summed E-state index contributed by atoms with van der Waals surface area (Å²) < 4.78 is 12.7. The smallest absolute Gasteiger partial charge is 0.226 e. The molecular formula is C29H26N4O3. The molecule has 180 valence electrons. The van der Waals surface area contributed by atoms with E-state index in [1.807, 2.05) is 41.1 Å². The van der Waals surface area contributed by atoms with Crippen LogP contribution in [-0.4, -0.2) is 34.8 Å². The Morgan fingerprint density at radius 3 is 2.33 bits per heavy atom. The van der Waals surface area contributed by atoms with Gasteiger partial charge in [-0.05, 0) is 46.7 Å². The highest BCUT2D eigenvalue weighted by Gasteiger charge is 2.39. The van der Waals surface area contributed by atoms with Gasteiger partial charge in [0.2, 0.25) is 5.95 Å².